The van der Waals surface area contributed by atoms with Gasteiger partial charge in [-0.3, -0.25) is 0 Å². The first-order chi connectivity index (χ1) is 13.3. The van der Waals surface area contributed by atoms with Crippen LogP contribution in [0.4, 0.5) is 11.5 Å². The van der Waals surface area contributed by atoms with Crippen molar-refractivity contribution in [2.45, 2.75) is 19.4 Å². The minimum absolute atomic E-state index is 0.600. The van der Waals surface area contributed by atoms with Crippen molar-refractivity contribution in [1.82, 2.24) is 4.98 Å². The van der Waals surface area contributed by atoms with Gasteiger partial charge in [-0.2, -0.15) is 0 Å². The summed E-state index contributed by atoms with van der Waals surface area (Å²) in [5.41, 5.74) is 10.5. The van der Waals surface area contributed by atoms with E-state index in [1.165, 1.54) is 11.1 Å². The molecule has 2 heterocycles. The van der Waals surface area contributed by atoms with E-state index in [2.05, 4.69) is 46.6 Å². The van der Waals surface area contributed by atoms with Crippen LogP contribution in [-0.2, 0) is 13.0 Å². The smallest absolute Gasteiger partial charge is 0.131 e. The Hall–Kier alpha value is -2.79. The molecule has 0 atom stereocenters. The Morgan fingerprint density at radius 2 is 2.04 bits per heavy atom. The molecule has 5 heteroatoms. The third-order valence-electron chi connectivity index (χ3n) is 5.14. The lowest BCUT2D eigenvalue weighted by molar-refractivity contribution is 0.414. The molecule has 0 fully saturated rings. The van der Waals surface area contributed by atoms with Crippen molar-refractivity contribution in [2.24, 2.45) is 5.73 Å². The van der Waals surface area contributed by atoms with Crippen molar-refractivity contribution in [1.29, 1.82) is 0 Å². The van der Waals surface area contributed by atoms with Crippen LogP contribution in [0.15, 0.2) is 48.5 Å². The van der Waals surface area contributed by atoms with E-state index in [4.69, 9.17) is 15.5 Å². The quantitative estimate of drug-likeness (QED) is 0.726. The fourth-order valence-electron chi connectivity index (χ4n) is 3.74. The highest BCUT2D eigenvalue weighted by Crippen LogP contribution is 2.30. The number of ether oxygens (including phenoxy) is 1. The molecule has 1 aliphatic heterocycles. The van der Waals surface area contributed by atoms with Crippen molar-refractivity contribution >= 4 is 22.4 Å². The zero-order valence-electron chi connectivity index (χ0n) is 15.7. The molecule has 0 aliphatic carbocycles. The standard InChI is InChI=1S/C22H26N4O/c1-27-18-9-8-16-5-4-12-26(15-17(16)13-18)22-14-21(24-11-10-23)19-6-2-3-7-20(19)25-22/h2-3,6-9,13-14H,4-5,10-12,15,23H2,1H3,(H,24,25). The SMILES string of the molecule is COc1ccc2c(c1)CN(c1cc(NCCN)c3ccccc3n1)CCC2. The van der Waals surface area contributed by atoms with Crippen LogP contribution in [0.2, 0.25) is 0 Å². The second-order valence-corrected chi connectivity index (χ2v) is 6.92. The Labute approximate surface area is 160 Å². The van der Waals surface area contributed by atoms with E-state index in [1.807, 2.05) is 12.1 Å². The topological polar surface area (TPSA) is 63.4 Å². The van der Waals surface area contributed by atoms with Gasteiger partial charge in [-0.05, 0) is 42.2 Å². The predicted molar refractivity (Wildman–Crippen MR) is 112 cm³/mol. The molecule has 0 saturated heterocycles. The molecule has 0 unspecified atom stereocenters. The average Bonchev–Trinajstić information content (AvgIpc) is 2.93. The van der Waals surface area contributed by atoms with E-state index in [-0.39, 0.29) is 0 Å². The van der Waals surface area contributed by atoms with Gasteiger partial charge in [-0.1, -0.05) is 24.3 Å². The number of aromatic nitrogens is 1. The molecule has 0 bridgehead atoms. The maximum atomic E-state index is 5.70. The Balaban J connectivity index is 1.72. The van der Waals surface area contributed by atoms with Gasteiger partial charge in [0.2, 0.25) is 0 Å². The summed E-state index contributed by atoms with van der Waals surface area (Å²) in [5.74, 6) is 1.91. The van der Waals surface area contributed by atoms with E-state index in [0.29, 0.717) is 6.54 Å². The molecular weight excluding hydrogens is 336 g/mol. The Morgan fingerprint density at radius 1 is 1.15 bits per heavy atom. The number of hydrogen-bond acceptors (Lipinski definition) is 5. The number of nitrogens with one attached hydrogen (secondary N) is 1. The van der Waals surface area contributed by atoms with Gasteiger partial charge in [0.25, 0.3) is 0 Å². The van der Waals surface area contributed by atoms with Gasteiger partial charge in [0.15, 0.2) is 0 Å². The van der Waals surface area contributed by atoms with Gasteiger partial charge >= 0.3 is 0 Å². The highest BCUT2D eigenvalue weighted by Gasteiger charge is 2.18. The molecule has 27 heavy (non-hydrogen) atoms. The second kappa shape index (κ2) is 7.84. The van der Waals surface area contributed by atoms with Crippen LogP contribution >= 0.6 is 0 Å². The number of rotatable bonds is 5. The molecule has 140 valence electrons. The first-order valence-corrected chi connectivity index (χ1v) is 9.53. The molecule has 3 N–H and O–H groups in total. The number of para-hydroxylation sites is 1. The minimum Gasteiger partial charge on any atom is -0.497 e. The number of anilines is 2. The fourth-order valence-corrected chi connectivity index (χ4v) is 3.74. The third-order valence-corrected chi connectivity index (χ3v) is 5.14. The number of methoxy groups -OCH3 is 1. The summed E-state index contributed by atoms with van der Waals surface area (Å²) in [6, 6.07) is 16.8. The Kier molecular flexibility index (Phi) is 5.12. The van der Waals surface area contributed by atoms with Crippen LogP contribution in [0.5, 0.6) is 5.75 Å². The summed E-state index contributed by atoms with van der Waals surface area (Å²) in [5, 5.41) is 4.59. The van der Waals surface area contributed by atoms with Gasteiger partial charge in [0.1, 0.15) is 11.6 Å². The van der Waals surface area contributed by atoms with Gasteiger partial charge in [0.05, 0.1) is 12.6 Å². The molecule has 1 aromatic heterocycles. The monoisotopic (exact) mass is 362 g/mol. The molecule has 2 aromatic carbocycles. The first-order valence-electron chi connectivity index (χ1n) is 9.53. The first kappa shape index (κ1) is 17.6. The number of nitrogens with zero attached hydrogens (tertiary/aromatic N) is 2. The van der Waals surface area contributed by atoms with Crippen molar-refractivity contribution in [3.63, 3.8) is 0 Å². The molecule has 0 amide bonds. The Bertz CT molecular complexity index is 941. The highest BCUT2D eigenvalue weighted by atomic mass is 16.5. The lowest BCUT2D eigenvalue weighted by atomic mass is 10.0. The van der Waals surface area contributed by atoms with Crippen molar-refractivity contribution in [3.05, 3.63) is 59.7 Å². The van der Waals surface area contributed by atoms with Gasteiger partial charge in [-0.25, -0.2) is 4.98 Å². The van der Waals surface area contributed by atoms with Gasteiger partial charge in [0, 0.05) is 43.3 Å². The summed E-state index contributed by atoms with van der Waals surface area (Å²) in [6.45, 7) is 3.17. The van der Waals surface area contributed by atoms with Crippen LogP contribution < -0.4 is 20.7 Å². The maximum absolute atomic E-state index is 5.70. The summed E-state index contributed by atoms with van der Waals surface area (Å²) < 4.78 is 5.43. The van der Waals surface area contributed by atoms with Crippen molar-refractivity contribution in [3.8, 4) is 5.75 Å². The zero-order chi connectivity index (χ0) is 18.6. The van der Waals surface area contributed by atoms with Crippen LogP contribution in [0.25, 0.3) is 10.9 Å². The number of fused-ring (bicyclic) bond motifs is 2. The molecule has 4 rings (SSSR count). The number of benzene rings is 2. The van der Waals surface area contributed by atoms with Crippen molar-refractivity contribution < 1.29 is 4.74 Å². The molecule has 3 aromatic rings. The predicted octanol–water partition coefficient (Wildman–Crippen LogP) is 3.57. The average molecular weight is 362 g/mol. The normalized spacial score (nSPS) is 13.9. The van der Waals surface area contributed by atoms with E-state index in [9.17, 15) is 0 Å². The minimum atomic E-state index is 0.600. The van der Waals surface area contributed by atoms with E-state index in [0.717, 1.165) is 60.6 Å². The van der Waals surface area contributed by atoms with Crippen LogP contribution in [-0.4, -0.2) is 31.7 Å². The molecular formula is C22H26N4O. The van der Waals surface area contributed by atoms with Crippen LogP contribution in [0.3, 0.4) is 0 Å². The number of nitrogens with two attached hydrogens (primary N) is 1. The van der Waals surface area contributed by atoms with Crippen LogP contribution in [0, 0.1) is 0 Å². The van der Waals surface area contributed by atoms with E-state index in [1.54, 1.807) is 7.11 Å². The molecule has 1 aliphatic rings. The maximum Gasteiger partial charge on any atom is 0.131 e. The van der Waals surface area contributed by atoms with Gasteiger partial charge < -0.3 is 20.7 Å². The zero-order valence-corrected chi connectivity index (χ0v) is 15.7. The van der Waals surface area contributed by atoms with E-state index < -0.39 is 0 Å². The largest absolute Gasteiger partial charge is 0.497 e. The van der Waals surface area contributed by atoms with Crippen LogP contribution in [0.1, 0.15) is 17.5 Å². The lowest BCUT2D eigenvalue weighted by Gasteiger charge is -2.24. The molecule has 5 nitrogen and oxygen atoms in total. The summed E-state index contributed by atoms with van der Waals surface area (Å²) in [6.07, 6.45) is 2.20. The summed E-state index contributed by atoms with van der Waals surface area (Å²) >= 11 is 0. The molecule has 0 radical (unpaired) electrons. The van der Waals surface area contributed by atoms with Crippen molar-refractivity contribution in [2.75, 3.05) is 37.0 Å². The summed E-state index contributed by atoms with van der Waals surface area (Å²) in [7, 11) is 1.72. The van der Waals surface area contributed by atoms with E-state index >= 15 is 0 Å². The highest BCUT2D eigenvalue weighted by molar-refractivity contribution is 5.93. The number of aryl methyl sites for hydroxylation is 1. The summed E-state index contributed by atoms with van der Waals surface area (Å²) in [4.78, 5) is 7.31. The number of pyridine rings is 1. The number of hydrogen-bond donors (Lipinski definition) is 2. The van der Waals surface area contributed by atoms with Gasteiger partial charge in [-0.15, -0.1) is 0 Å². The molecule has 0 spiro atoms. The fraction of sp³-hybridized carbons (Fsp3) is 0.318. The lowest BCUT2D eigenvalue weighted by Crippen LogP contribution is -2.24. The second-order valence-electron chi connectivity index (χ2n) is 6.92. The molecule has 0 saturated carbocycles. The Morgan fingerprint density at radius 3 is 2.89 bits per heavy atom. The third kappa shape index (κ3) is 3.69.